The van der Waals surface area contributed by atoms with Crippen LogP contribution in [-0.4, -0.2) is 22.5 Å². The summed E-state index contributed by atoms with van der Waals surface area (Å²) in [6.45, 7) is 7.74. The van der Waals surface area contributed by atoms with E-state index in [0.29, 0.717) is 25.7 Å². The summed E-state index contributed by atoms with van der Waals surface area (Å²) < 4.78 is 0. The highest BCUT2D eigenvalue weighted by Gasteiger charge is 2.39. The van der Waals surface area contributed by atoms with Crippen molar-refractivity contribution in [1.29, 1.82) is 0 Å². The molecule has 0 aromatic carbocycles. The monoisotopic (exact) mass is 291 g/mol. The zero-order valence-electron chi connectivity index (χ0n) is 13.3. The standard InChI is InChI=1S/C17H25NO3/c1-6-17(7-2,8-3)18-15(19)13-9-11(4)12(5)10-14(13)16(20)21/h1,13-14H,7-10H2,2-5H3,(H,18,19)(H,20,21). The zero-order chi connectivity index (χ0) is 16.2. The second-order valence-corrected chi connectivity index (χ2v) is 5.94. The number of aliphatic carboxylic acids is 1. The Morgan fingerprint density at radius 3 is 2.10 bits per heavy atom. The molecule has 0 bridgehead atoms. The summed E-state index contributed by atoms with van der Waals surface area (Å²) in [6, 6.07) is 0. The molecule has 1 aliphatic carbocycles. The van der Waals surface area contributed by atoms with Gasteiger partial charge in [0.05, 0.1) is 11.8 Å². The molecule has 0 heterocycles. The van der Waals surface area contributed by atoms with E-state index in [-0.39, 0.29) is 5.91 Å². The first-order chi connectivity index (χ1) is 9.80. The lowest BCUT2D eigenvalue weighted by molar-refractivity contribution is -0.148. The molecule has 0 saturated carbocycles. The SMILES string of the molecule is C#CC(CC)(CC)NC(=O)C1CC(C)=C(C)CC1C(=O)O. The summed E-state index contributed by atoms with van der Waals surface area (Å²) in [5, 5.41) is 12.3. The molecule has 0 fully saturated rings. The lowest BCUT2D eigenvalue weighted by Gasteiger charge is -2.34. The fourth-order valence-electron chi connectivity index (χ4n) is 2.82. The minimum Gasteiger partial charge on any atom is -0.481 e. The summed E-state index contributed by atoms with van der Waals surface area (Å²) in [4.78, 5) is 24.0. The Morgan fingerprint density at radius 1 is 1.24 bits per heavy atom. The van der Waals surface area contributed by atoms with Crippen LogP contribution in [0.15, 0.2) is 11.1 Å². The molecule has 21 heavy (non-hydrogen) atoms. The number of carboxylic acid groups (broad SMARTS) is 1. The van der Waals surface area contributed by atoms with Crippen molar-refractivity contribution in [2.24, 2.45) is 11.8 Å². The predicted octanol–water partition coefficient (Wildman–Crippen LogP) is 2.74. The van der Waals surface area contributed by atoms with Gasteiger partial charge < -0.3 is 10.4 Å². The van der Waals surface area contributed by atoms with Crippen LogP contribution in [0.5, 0.6) is 0 Å². The second kappa shape index (κ2) is 6.80. The normalized spacial score (nSPS) is 22.6. The van der Waals surface area contributed by atoms with Crippen molar-refractivity contribution in [1.82, 2.24) is 5.32 Å². The minimum absolute atomic E-state index is 0.240. The Balaban J connectivity index is 2.99. The lowest BCUT2D eigenvalue weighted by atomic mass is 9.75. The van der Waals surface area contributed by atoms with E-state index < -0.39 is 23.3 Å². The van der Waals surface area contributed by atoms with E-state index >= 15 is 0 Å². The average molecular weight is 291 g/mol. The number of hydrogen-bond acceptors (Lipinski definition) is 2. The van der Waals surface area contributed by atoms with E-state index in [9.17, 15) is 14.7 Å². The third-order valence-electron chi connectivity index (χ3n) is 4.77. The summed E-state index contributed by atoms with van der Waals surface area (Å²) in [5.41, 5.74) is 1.50. The van der Waals surface area contributed by atoms with Crippen molar-refractivity contribution >= 4 is 11.9 Å². The molecular formula is C17H25NO3. The number of carbonyl (C=O) groups is 2. The van der Waals surface area contributed by atoms with Crippen molar-refractivity contribution in [3.05, 3.63) is 11.1 Å². The van der Waals surface area contributed by atoms with Crippen molar-refractivity contribution in [3.63, 3.8) is 0 Å². The lowest BCUT2D eigenvalue weighted by Crippen LogP contribution is -2.51. The number of carboxylic acids is 1. The molecule has 0 aromatic heterocycles. The summed E-state index contributed by atoms with van der Waals surface area (Å²) in [5.74, 6) is 0.289. The van der Waals surface area contributed by atoms with Gasteiger partial charge in [-0.25, -0.2) is 0 Å². The highest BCUT2D eigenvalue weighted by atomic mass is 16.4. The van der Waals surface area contributed by atoms with Gasteiger partial charge >= 0.3 is 5.97 Å². The van der Waals surface area contributed by atoms with Gasteiger partial charge in [-0.3, -0.25) is 9.59 Å². The molecule has 2 atom stereocenters. The maximum absolute atomic E-state index is 12.6. The van der Waals surface area contributed by atoms with Gasteiger partial charge in [-0.2, -0.15) is 0 Å². The molecule has 0 saturated heterocycles. The van der Waals surface area contributed by atoms with Gasteiger partial charge in [0, 0.05) is 0 Å². The Morgan fingerprint density at radius 2 is 1.71 bits per heavy atom. The molecule has 0 aliphatic heterocycles. The van der Waals surface area contributed by atoms with Crippen LogP contribution in [0.4, 0.5) is 0 Å². The maximum Gasteiger partial charge on any atom is 0.307 e. The van der Waals surface area contributed by atoms with E-state index in [4.69, 9.17) is 6.42 Å². The highest BCUT2D eigenvalue weighted by molar-refractivity contribution is 5.86. The number of hydrogen-bond donors (Lipinski definition) is 2. The van der Waals surface area contributed by atoms with E-state index in [2.05, 4.69) is 11.2 Å². The molecule has 1 rings (SSSR count). The first-order valence-electron chi connectivity index (χ1n) is 7.48. The van der Waals surface area contributed by atoms with Crippen LogP contribution in [0.25, 0.3) is 0 Å². The zero-order valence-corrected chi connectivity index (χ0v) is 13.3. The molecule has 116 valence electrons. The number of rotatable bonds is 5. The average Bonchev–Trinajstić information content (AvgIpc) is 2.46. The molecule has 1 amide bonds. The van der Waals surface area contributed by atoms with Gasteiger partial charge in [-0.15, -0.1) is 6.42 Å². The maximum atomic E-state index is 12.6. The molecule has 0 radical (unpaired) electrons. The van der Waals surface area contributed by atoms with E-state index in [1.165, 1.54) is 0 Å². The molecule has 4 heteroatoms. The smallest absolute Gasteiger partial charge is 0.307 e. The molecule has 1 aliphatic rings. The number of terminal acetylenes is 1. The Kier molecular flexibility index (Phi) is 5.60. The van der Waals surface area contributed by atoms with Gasteiger partial charge in [-0.1, -0.05) is 30.9 Å². The topological polar surface area (TPSA) is 66.4 Å². The van der Waals surface area contributed by atoms with Crippen LogP contribution in [0, 0.1) is 24.2 Å². The van der Waals surface area contributed by atoms with Crippen LogP contribution >= 0.6 is 0 Å². The number of allylic oxidation sites excluding steroid dienone is 2. The summed E-state index contributed by atoms with van der Waals surface area (Å²) >= 11 is 0. The minimum atomic E-state index is -0.915. The Bertz CT molecular complexity index is 495. The van der Waals surface area contributed by atoms with Crippen LogP contribution in [0.1, 0.15) is 53.4 Å². The van der Waals surface area contributed by atoms with Gasteiger partial charge in [0.25, 0.3) is 0 Å². The first-order valence-corrected chi connectivity index (χ1v) is 7.48. The van der Waals surface area contributed by atoms with Crippen LogP contribution in [0.2, 0.25) is 0 Å². The van der Waals surface area contributed by atoms with E-state index in [1.807, 2.05) is 27.7 Å². The van der Waals surface area contributed by atoms with Gasteiger partial charge in [0.1, 0.15) is 5.54 Å². The molecule has 2 unspecified atom stereocenters. The molecular weight excluding hydrogens is 266 g/mol. The van der Waals surface area contributed by atoms with E-state index in [0.717, 1.165) is 11.1 Å². The largest absolute Gasteiger partial charge is 0.481 e. The predicted molar refractivity (Wildman–Crippen MR) is 82.5 cm³/mol. The van der Waals surface area contributed by atoms with Crippen molar-refractivity contribution in [2.75, 3.05) is 0 Å². The van der Waals surface area contributed by atoms with Gasteiger partial charge in [-0.05, 0) is 39.5 Å². The Hall–Kier alpha value is -1.76. The Labute approximate surface area is 127 Å². The number of nitrogens with one attached hydrogen (secondary N) is 1. The summed E-state index contributed by atoms with van der Waals surface area (Å²) in [6.07, 6.45) is 7.74. The third-order valence-corrected chi connectivity index (χ3v) is 4.77. The molecule has 2 N–H and O–H groups in total. The van der Waals surface area contributed by atoms with E-state index in [1.54, 1.807) is 0 Å². The summed E-state index contributed by atoms with van der Waals surface area (Å²) in [7, 11) is 0. The van der Waals surface area contributed by atoms with Crippen LogP contribution < -0.4 is 5.32 Å². The third kappa shape index (κ3) is 3.66. The fourth-order valence-corrected chi connectivity index (χ4v) is 2.82. The van der Waals surface area contributed by atoms with Crippen molar-refractivity contribution in [3.8, 4) is 12.3 Å². The highest BCUT2D eigenvalue weighted by Crippen LogP contribution is 2.35. The quantitative estimate of drug-likeness (QED) is 0.604. The van der Waals surface area contributed by atoms with Gasteiger partial charge in [0.2, 0.25) is 5.91 Å². The van der Waals surface area contributed by atoms with Crippen molar-refractivity contribution < 1.29 is 14.7 Å². The molecule has 4 nitrogen and oxygen atoms in total. The first kappa shape index (κ1) is 17.3. The van der Waals surface area contributed by atoms with Gasteiger partial charge in [0.15, 0.2) is 0 Å². The van der Waals surface area contributed by atoms with Crippen LogP contribution in [0.3, 0.4) is 0 Å². The second-order valence-electron chi connectivity index (χ2n) is 5.94. The van der Waals surface area contributed by atoms with Crippen molar-refractivity contribution in [2.45, 2.75) is 58.9 Å². The van der Waals surface area contributed by atoms with Crippen LogP contribution in [-0.2, 0) is 9.59 Å². The number of carbonyl (C=O) groups excluding carboxylic acids is 1. The fraction of sp³-hybridized carbons (Fsp3) is 0.647. The number of amides is 1. The molecule has 0 spiro atoms. The molecule has 0 aromatic rings.